The summed E-state index contributed by atoms with van der Waals surface area (Å²) in [6, 6.07) is 16.4. The molecular formula is C17H18ClN3. The van der Waals surface area contributed by atoms with Crippen molar-refractivity contribution in [2.24, 2.45) is 10.9 Å². The van der Waals surface area contributed by atoms with Crippen LogP contribution in [-0.4, -0.2) is 26.4 Å². The Labute approximate surface area is 130 Å². The van der Waals surface area contributed by atoms with Crippen LogP contribution >= 0.6 is 11.6 Å². The molecule has 21 heavy (non-hydrogen) atoms. The van der Waals surface area contributed by atoms with Crippen molar-refractivity contribution in [3.63, 3.8) is 0 Å². The van der Waals surface area contributed by atoms with Gasteiger partial charge in [0.15, 0.2) is 0 Å². The Balaban J connectivity index is 2.06. The van der Waals surface area contributed by atoms with Crippen LogP contribution in [0.1, 0.15) is 0 Å². The summed E-state index contributed by atoms with van der Waals surface area (Å²) >= 11 is 6.20. The van der Waals surface area contributed by atoms with Gasteiger partial charge in [-0.05, 0) is 30.3 Å². The molecule has 1 aliphatic rings. The second kappa shape index (κ2) is 6.19. The summed E-state index contributed by atoms with van der Waals surface area (Å²) in [5, 5.41) is 4.24. The zero-order valence-electron chi connectivity index (χ0n) is 12.0. The van der Waals surface area contributed by atoms with Crippen LogP contribution in [-0.2, 0) is 0 Å². The first kappa shape index (κ1) is 14.0. The molecule has 0 saturated carbocycles. The highest BCUT2D eigenvalue weighted by Gasteiger charge is 2.22. The van der Waals surface area contributed by atoms with Gasteiger partial charge in [-0.3, -0.25) is 0 Å². The molecule has 1 unspecified atom stereocenters. The number of fused-ring (bicyclic) bond motifs is 1. The van der Waals surface area contributed by atoms with E-state index in [1.165, 1.54) is 5.69 Å². The molecule has 1 N–H and O–H groups in total. The molecule has 3 rings (SSSR count). The Kier molecular flexibility index (Phi) is 4.11. The monoisotopic (exact) mass is 299 g/mol. The van der Waals surface area contributed by atoms with Crippen LogP contribution in [0.4, 0.5) is 17.1 Å². The number of rotatable bonds is 2. The second-order valence-corrected chi connectivity index (χ2v) is 5.59. The fraction of sp³-hybridized carbons (Fsp3) is 0.235. The first-order valence-corrected chi connectivity index (χ1v) is 7.44. The number of benzene rings is 2. The molecular weight excluding hydrogens is 282 g/mol. The SMILES string of the molecule is CN=CC1CNc2ccc(Cl)cc2N(c2ccccc2)C1. The van der Waals surface area contributed by atoms with E-state index in [1.807, 2.05) is 37.5 Å². The van der Waals surface area contributed by atoms with E-state index >= 15 is 0 Å². The lowest BCUT2D eigenvalue weighted by atomic mass is 10.1. The van der Waals surface area contributed by atoms with Crippen molar-refractivity contribution in [1.29, 1.82) is 0 Å². The van der Waals surface area contributed by atoms with Gasteiger partial charge in [-0.15, -0.1) is 0 Å². The van der Waals surface area contributed by atoms with Crippen molar-refractivity contribution in [3.05, 3.63) is 53.6 Å². The molecule has 0 amide bonds. The predicted molar refractivity (Wildman–Crippen MR) is 91.3 cm³/mol. The first-order chi connectivity index (χ1) is 10.3. The average molecular weight is 300 g/mol. The van der Waals surface area contributed by atoms with E-state index in [0.717, 1.165) is 29.5 Å². The van der Waals surface area contributed by atoms with Crippen LogP contribution in [0.25, 0.3) is 0 Å². The summed E-state index contributed by atoms with van der Waals surface area (Å²) in [5.74, 6) is 0.349. The number of anilines is 3. The zero-order valence-corrected chi connectivity index (χ0v) is 12.7. The van der Waals surface area contributed by atoms with Crippen LogP contribution in [0.2, 0.25) is 5.02 Å². The topological polar surface area (TPSA) is 27.6 Å². The van der Waals surface area contributed by atoms with Crippen molar-refractivity contribution >= 4 is 34.9 Å². The molecule has 4 heteroatoms. The third kappa shape index (κ3) is 3.03. The number of hydrogen-bond acceptors (Lipinski definition) is 3. The van der Waals surface area contributed by atoms with E-state index in [1.54, 1.807) is 0 Å². The standard InChI is InChI=1S/C17H18ClN3/c1-19-10-13-11-20-16-8-7-14(18)9-17(16)21(12-13)15-5-3-2-4-6-15/h2-10,13,20H,11-12H2,1H3. The highest BCUT2D eigenvalue weighted by molar-refractivity contribution is 6.31. The quantitative estimate of drug-likeness (QED) is 0.841. The molecule has 0 saturated heterocycles. The third-order valence-electron chi connectivity index (χ3n) is 3.65. The van der Waals surface area contributed by atoms with E-state index < -0.39 is 0 Å². The van der Waals surface area contributed by atoms with Gasteiger partial charge in [0, 0.05) is 43.0 Å². The number of para-hydroxylation sites is 1. The molecule has 2 aromatic rings. The van der Waals surface area contributed by atoms with Crippen molar-refractivity contribution in [3.8, 4) is 0 Å². The number of halogens is 1. The lowest BCUT2D eigenvalue weighted by Gasteiger charge is -2.26. The van der Waals surface area contributed by atoms with Crippen LogP contribution < -0.4 is 10.2 Å². The molecule has 0 fully saturated rings. The zero-order chi connectivity index (χ0) is 14.7. The Morgan fingerprint density at radius 2 is 2.05 bits per heavy atom. The molecule has 1 heterocycles. The first-order valence-electron chi connectivity index (χ1n) is 7.06. The fourth-order valence-electron chi connectivity index (χ4n) is 2.68. The summed E-state index contributed by atoms with van der Waals surface area (Å²) in [7, 11) is 1.82. The van der Waals surface area contributed by atoms with Gasteiger partial charge in [0.1, 0.15) is 0 Å². The van der Waals surface area contributed by atoms with Gasteiger partial charge in [-0.2, -0.15) is 0 Å². The van der Waals surface area contributed by atoms with E-state index in [4.69, 9.17) is 11.6 Å². The minimum absolute atomic E-state index is 0.349. The van der Waals surface area contributed by atoms with E-state index in [-0.39, 0.29) is 0 Å². The highest BCUT2D eigenvalue weighted by atomic mass is 35.5. The molecule has 0 spiro atoms. The second-order valence-electron chi connectivity index (χ2n) is 5.16. The van der Waals surface area contributed by atoms with Gasteiger partial charge in [0.25, 0.3) is 0 Å². The van der Waals surface area contributed by atoms with Crippen LogP contribution in [0.5, 0.6) is 0 Å². The maximum absolute atomic E-state index is 6.20. The molecule has 0 bridgehead atoms. The van der Waals surface area contributed by atoms with E-state index in [2.05, 4.69) is 39.5 Å². The Bertz CT molecular complexity index is 640. The molecule has 1 atom stereocenters. The normalized spacial score (nSPS) is 18.2. The maximum Gasteiger partial charge on any atom is 0.0661 e. The van der Waals surface area contributed by atoms with Crippen molar-refractivity contribution in [2.75, 3.05) is 30.4 Å². The molecule has 0 radical (unpaired) electrons. The highest BCUT2D eigenvalue weighted by Crippen LogP contribution is 2.36. The van der Waals surface area contributed by atoms with E-state index in [9.17, 15) is 0 Å². The van der Waals surface area contributed by atoms with Gasteiger partial charge >= 0.3 is 0 Å². The molecule has 3 nitrogen and oxygen atoms in total. The number of hydrogen-bond donors (Lipinski definition) is 1. The van der Waals surface area contributed by atoms with Gasteiger partial charge in [-0.25, -0.2) is 0 Å². The van der Waals surface area contributed by atoms with Crippen LogP contribution in [0, 0.1) is 5.92 Å². The Hall–Kier alpha value is -2.00. The van der Waals surface area contributed by atoms with Gasteiger partial charge in [0.05, 0.1) is 11.4 Å². The molecule has 108 valence electrons. The number of aliphatic imine (C=N–C) groups is 1. The Morgan fingerprint density at radius 1 is 1.24 bits per heavy atom. The lowest BCUT2D eigenvalue weighted by Crippen LogP contribution is -2.27. The maximum atomic E-state index is 6.20. The summed E-state index contributed by atoms with van der Waals surface area (Å²) < 4.78 is 0. The minimum atomic E-state index is 0.349. The lowest BCUT2D eigenvalue weighted by molar-refractivity contribution is 0.746. The summed E-state index contributed by atoms with van der Waals surface area (Å²) in [6.45, 7) is 1.75. The Morgan fingerprint density at radius 3 is 2.81 bits per heavy atom. The summed E-state index contributed by atoms with van der Waals surface area (Å²) in [4.78, 5) is 6.49. The molecule has 2 aromatic carbocycles. The van der Waals surface area contributed by atoms with Crippen LogP contribution in [0.15, 0.2) is 53.5 Å². The molecule has 1 aliphatic heterocycles. The van der Waals surface area contributed by atoms with Gasteiger partial charge in [-0.1, -0.05) is 29.8 Å². The average Bonchev–Trinajstić information content (AvgIpc) is 2.68. The van der Waals surface area contributed by atoms with Gasteiger partial charge < -0.3 is 15.2 Å². The molecule has 0 aromatic heterocycles. The number of nitrogens with zero attached hydrogens (tertiary/aromatic N) is 2. The largest absolute Gasteiger partial charge is 0.383 e. The molecule has 0 aliphatic carbocycles. The van der Waals surface area contributed by atoms with E-state index in [0.29, 0.717) is 5.92 Å². The smallest absolute Gasteiger partial charge is 0.0661 e. The van der Waals surface area contributed by atoms with Crippen molar-refractivity contribution in [2.45, 2.75) is 0 Å². The third-order valence-corrected chi connectivity index (χ3v) is 3.89. The summed E-state index contributed by atoms with van der Waals surface area (Å²) in [5.41, 5.74) is 3.38. The fourth-order valence-corrected chi connectivity index (χ4v) is 2.85. The van der Waals surface area contributed by atoms with Crippen LogP contribution in [0.3, 0.4) is 0 Å². The van der Waals surface area contributed by atoms with Crippen molar-refractivity contribution < 1.29 is 0 Å². The minimum Gasteiger partial charge on any atom is -0.383 e. The predicted octanol–water partition coefficient (Wildman–Crippen LogP) is 4.22. The summed E-state index contributed by atoms with van der Waals surface area (Å²) in [6.07, 6.45) is 2.01. The van der Waals surface area contributed by atoms with Crippen molar-refractivity contribution in [1.82, 2.24) is 0 Å². The van der Waals surface area contributed by atoms with Gasteiger partial charge in [0.2, 0.25) is 0 Å². The number of nitrogens with one attached hydrogen (secondary N) is 1.